The first-order valence-electron chi connectivity index (χ1n) is 5.33. The van der Waals surface area contributed by atoms with Crippen molar-refractivity contribution in [1.29, 1.82) is 5.26 Å². The van der Waals surface area contributed by atoms with Crippen LogP contribution >= 0.6 is 0 Å². The van der Waals surface area contributed by atoms with Crippen LogP contribution in [0.25, 0.3) is 0 Å². The molecule has 0 amide bonds. The topological polar surface area (TPSA) is 59.8 Å². The van der Waals surface area contributed by atoms with Crippen molar-refractivity contribution in [2.24, 2.45) is 0 Å². The molecule has 1 aromatic carbocycles. The molecule has 2 rings (SSSR count). The molecule has 2 N–H and O–H groups in total. The average Bonchev–Trinajstić information content (AvgIpc) is 2.90. The van der Waals surface area contributed by atoms with Gasteiger partial charge in [0.2, 0.25) is 5.60 Å². The average molecular weight is 266 g/mol. The van der Waals surface area contributed by atoms with Crippen LogP contribution in [0.1, 0.15) is 16.8 Å². The molecule has 0 spiro atoms. The highest BCUT2D eigenvalue weighted by Crippen LogP contribution is 2.43. The molecule has 1 heterocycles. The Hall–Kier alpha value is -2.26. The molecule has 6 heteroatoms. The first-order valence-corrected chi connectivity index (χ1v) is 5.33. The Kier molecular flexibility index (Phi) is 3.08. The van der Waals surface area contributed by atoms with Crippen LogP contribution in [-0.4, -0.2) is 16.3 Å². The van der Waals surface area contributed by atoms with Gasteiger partial charge >= 0.3 is 6.18 Å². The van der Waals surface area contributed by atoms with E-state index in [0.29, 0.717) is 0 Å². The van der Waals surface area contributed by atoms with Crippen molar-refractivity contribution < 1.29 is 18.3 Å². The standard InChI is InChI=1S/C13H9F3N2O/c14-13(15,16)12(19,11-2-1-7-18-11)10-5-3-9(8-17)4-6-10/h1-7,18-19H/t12-/m1/s1. The van der Waals surface area contributed by atoms with E-state index in [9.17, 15) is 18.3 Å². The number of nitrogens with zero attached hydrogens (tertiary/aromatic N) is 1. The minimum absolute atomic E-state index is 0.222. The summed E-state index contributed by atoms with van der Waals surface area (Å²) in [5, 5.41) is 18.7. The van der Waals surface area contributed by atoms with Crippen molar-refractivity contribution in [1.82, 2.24) is 4.98 Å². The van der Waals surface area contributed by atoms with E-state index in [1.807, 2.05) is 6.07 Å². The fraction of sp³-hybridized carbons (Fsp3) is 0.154. The highest BCUT2D eigenvalue weighted by Gasteiger charge is 2.57. The third-order valence-corrected chi connectivity index (χ3v) is 2.83. The van der Waals surface area contributed by atoms with Crippen LogP contribution in [0.3, 0.4) is 0 Å². The van der Waals surface area contributed by atoms with Crippen LogP contribution in [-0.2, 0) is 5.60 Å². The highest BCUT2D eigenvalue weighted by atomic mass is 19.4. The zero-order valence-corrected chi connectivity index (χ0v) is 9.57. The lowest BCUT2D eigenvalue weighted by Gasteiger charge is -2.30. The monoisotopic (exact) mass is 266 g/mol. The summed E-state index contributed by atoms with van der Waals surface area (Å²) in [6.45, 7) is 0. The number of hydrogen-bond donors (Lipinski definition) is 2. The predicted octanol–water partition coefficient (Wildman–Crippen LogP) is 2.68. The van der Waals surface area contributed by atoms with Gasteiger partial charge in [0.15, 0.2) is 0 Å². The Morgan fingerprint density at radius 2 is 1.74 bits per heavy atom. The second-order valence-corrected chi connectivity index (χ2v) is 3.98. The van der Waals surface area contributed by atoms with E-state index in [-0.39, 0.29) is 16.8 Å². The summed E-state index contributed by atoms with van der Waals surface area (Å²) >= 11 is 0. The van der Waals surface area contributed by atoms with Gasteiger partial charge in [0, 0.05) is 6.20 Å². The number of benzene rings is 1. The maximum absolute atomic E-state index is 13.2. The SMILES string of the molecule is N#Cc1ccc([C@@](O)(c2ccc[nH]2)C(F)(F)F)cc1. The molecule has 0 radical (unpaired) electrons. The summed E-state index contributed by atoms with van der Waals surface area (Å²) in [6.07, 6.45) is -3.58. The molecule has 3 nitrogen and oxygen atoms in total. The molecule has 1 atom stereocenters. The number of rotatable bonds is 2. The van der Waals surface area contributed by atoms with Gasteiger partial charge < -0.3 is 10.1 Å². The molecule has 0 aliphatic heterocycles. The van der Waals surface area contributed by atoms with Crippen LogP contribution in [0.5, 0.6) is 0 Å². The number of aliphatic hydroxyl groups is 1. The normalized spacial score (nSPS) is 14.7. The van der Waals surface area contributed by atoms with Gasteiger partial charge in [0.25, 0.3) is 0 Å². The molecule has 0 aliphatic carbocycles. The number of aromatic amines is 1. The lowest BCUT2D eigenvalue weighted by molar-refractivity contribution is -0.249. The van der Waals surface area contributed by atoms with Gasteiger partial charge in [-0.15, -0.1) is 0 Å². The Morgan fingerprint density at radius 1 is 1.11 bits per heavy atom. The van der Waals surface area contributed by atoms with Crippen molar-refractivity contribution in [3.05, 3.63) is 59.4 Å². The number of hydrogen-bond acceptors (Lipinski definition) is 2. The first-order chi connectivity index (χ1) is 8.89. The summed E-state index contributed by atoms with van der Waals surface area (Å²) in [7, 11) is 0. The van der Waals surface area contributed by atoms with E-state index < -0.39 is 11.8 Å². The molecular weight excluding hydrogens is 257 g/mol. The summed E-state index contributed by atoms with van der Waals surface area (Å²) in [6, 6.07) is 8.98. The number of H-pyrrole nitrogens is 1. The van der Waals surface area contributed by atoms with E-state index in [0.717, 1.165) is 18.2 Å². The van der Waals surface area contributed by atoms with Crippen molar-refractivity contribution >= 4 is 0 Å². The number of halogens is 3. The van der Waals surface area contributed by atoms with Gasteiger partial charge in [0.1, 0.15) is 0 Å². The van der Waals surface area contributed by atoms with Crippen molar-refractivity contribution in [3.8, 4) is 6.07 Å². The second kappa shape index (κ2) is 4.44. The van der Waals surface area contributed by atoms with Crippen LogP contribution < -0.4 is 0 Å². The Bertz CT molecular complexity index is 596. The van der Waals surface area contributed by atoms with Crippen molar-refractivity contribution in [2.45, 2.75) is 11.8 Å². The molecule has 0 bridgehead atoms. The molecule has 98 valence electrons. The lowest BCUT2D eigenvalue weighted by Crippen LogP contribution is -2.43. The first kappa shape index (κ1) is 13.2. The Balaban J connectivity index is 2.59. The molecule has 2 aromatic rings. The molecule has 0 aliphatic rings. The summed E-state index contributed by atoms with van der Waals surface area (Å²) in [5.74, 6) is 0. The quantitative estimate of drug-likeness (QED) is 0.877. The molecule has 1 aromatic heterocycles. The third-order valence-electron chi connectivity index (χ3n) is 2.83. The van der Waals surface area contributed by atoms with Crippen LogP contribution in [0, 0.1) is 11.3 Å². The Labute approximate surface area is 106 Å². The van der Waals surface area contributed by atoms with Gasteiger partial charge in [-0.3, -0.25) is 0 Å². The van der Waals surface area contributed by atoms with Crippen molar-refractivity contribution in [3.63, 3.8) is 0 Å². The molecule has 0 unspecified atom stereocenters. The van der Waals surface area contributed by atoms with E-state index in [1.165, 1.54) is 24.4 Å². The highest BCUT2D eigenvalue weighted by molar-refractivity contribution is 5.39. The largest absolute Gasteiger partial charge is 0.427 e. The Morgan fingerprint density at radius 3 is 2.16 bits per heavy atom. The van der Waals surface area contributed by atoms with Crippen LogP contribution in [0.15, 0.2) is 42.6 Å². The molecular formula is C13H9F3N2O. The maximum Gasteiger partial charge on any atom is 0.427 e. The lowest BCUT2D eigenvalue weighted by atomic mass is 9.89. The zero-order valence-electron chi connectivity index (χ0n) is 9.57. The smallest absolute Gasteiger partial charge is 0.371 e. The third kappa shape index (κ3) is 2.09. The van der Waals surface area contributed by atoms with E-state index in [2.05, 4.69) is 4.98 Å². The van der Waals surface area contributed by atoms with E-state index in [1.54, 1.807) is 0 Å². The van der Waals surface area contributed by atoms with Gasteiger partial charge in [-0.2, -0.15) is 18.4 Å². The maximum atomic E-state index is 13.2. The summed E-state index contributed by atoms with van der Waals surface area (Å²) < 4.78 is 39.6. The minimum Gasteiger partial charge on any atom is -0.371 e. The fourth-order valence-electron chi connectivity index (χ4n) is 1.81. The summed E-state index contributed by atoms with van der Waals surface area (Å²) in [4.78, 5) is 2.38. The zero-order chi connectivity index (χ0) is 14.1. The van der Waals surface area contributed by atoms with Gasteiger partial charge in [-0.1, -0.05) is 12.1 Å². The number of aromatic nitrogens is 1. The summed E-state index contributed by atoms with van der Waals surface area (Å²) in [5.41, 5.74) is -3.62. The number of alkyl halides is 3. The molecule has 0 fully saturated rings. The number of nitrogens with one attached hydrogen (secondary N) is 1. The van der Waals surface area contributed by atoms with E-state index in [4.69, 9.17) is 5.26 Å². The van der Waals surface area contributed by atoms with Gasteiger partial charge in [-0.25, -0.2) is 0 Å². The van der Waals surface area contributed by atoms with Crippen LogP contribution in [0.2, 0.25) is 0 Å². The number of nitriles is 1. The minimum atomic E-state index is -4.88. The molecule has 0 saturated heterocycles. The predicted molar refractivity (Wildman–Crippen MR) is 61.0 cm³/mol. The molecule has 0 saturated carbocycles. The van der Waals surface area contributed by atoms with Gasteiger partial charge in [0.05, 0.1) is 17.3 Å². The fourth-order valence-corrected chi connectivity index (χ4v) is 1.81. The van der Waals surface area contributed by atoms with E-state index >= 15 is 0 Å². The molecule has 19 heavy (non-hydrogen) atoms. The van der Waals surface area contributed by atoms with Gasteiger partial charge in [-0.05, 0) is 29.8 Å². The van der Waals surface area contributed by atoms with Crippen molar-refractivity contribution in [2.75, 3.05) is 0 Å². The van der Waals surface area contributed by atoms with Crippen LogP contribution in [0.4, 0.5) is 13.2 Å². The second-order valence-electron chi connectivity index (χ2n) is 3.98.